The number of likely N-dealkylation sites (tertiary alicyclic amines) is 1. The zero-order valence-electron chi connectivity index (χ0n) is 14.2. The van der Waals surface area contributed by atoms with Gasteiger partial charge in [0.1, 0.15) is 18.8 Å². The Bertz CT molecular complexity index is 851. The third-order valence-electron chi connectivity index (χ3n) is 4.59. The van der Waals surface area contributed by atoms with Crippen LogP contribution >= 0.6 is 0 Å². The molecule has 3 rings (SSSR count). The largest absolute Gasteiger partial charge is 0.404 e. The van der Waals surface area contributed by atoms with Gasteiger partial charge in [-0.25, -0.2) is 4.39 Å². The van der Waals surface area contributed by atoms with Crippen molar-refractivity contribution >= 4 is 36.5 Å². The van der Waals surface area contributed by atoms with Crippen molar-refractivity contribution in [2.75, 3.05) is 6.54 Å². The van der Waals surface area contributed by atoms with Gasteiger partial charge in [0.25, 0.3) is 0 Å². The maximum absolute atomic E-state index is 13.8. The molecule has 2 atom stereocenters. The third-order valence-corrected chi connectivity index (χ3v) is 4.59. The van der Waals surface area contributed by atoms with Crippen LogP contribution in [0.5, 0.6) is 0 Å². The lowest BCUT2D eigenvalue weighted by Gasteiger charge is -2.23. The van der Waals surface area contributed by atoms with Gasteiger partial charge in [-0.1, -0.05) is 18.2 Å². The molecule has 1 saturated heterocycles. The number of hydrogen-bond acceptors (Lipinski definition) is 3. The van der Waals surface area contributed by atoms with E-state index in [1.54, 1.807) is 10.8 Å². The monoisotopic (exact) mass is 343 g/mol. The van der Waals surface area contributed by atoms with Gasteiger partial charge >= 0.3 is 0 Å². The Morgan fingerprint density at radius 2 is 2.04 bits per heavy atom. The van der Waals surface area contributed by atoms with E-state index >= 15 is 0 Å². The van der Waals surface area contributed by atoms with E-state index < -0.39 is 12.2 Å². The number of halogens is 1. The van der Waals surface area contributed by atoms with Crippen molar-refractivity contribution < 1.29 is 18.8 Å². The number of fused-ring (bicyclic) bond motifs is 1. The first-order valence-corrected chi connectivity index (χ1v) is 8.16. The lowest BCUT2D eigenvalue weighted by atomic mass is 10.1. The molecule has 8 heteroatoms. The number of nitrogens with one attached hydrogen (secondary N) is 1. The number of nitrogens with zero attached hydrogens (tertiary/aromatic N) is 2. The van der Waals surface area contributed by atoms with Gasteiger partial charge in [0.05, 0.1) is 6.54 Å². The molecule has 1 N–H and O–H groups in total. The maximum atomic E-state index is 13.8. The molecule has 25 heavy (non-hydrogen) atoms. The van der Waals surface area contributed by atoms with E-state index in [2.05, 4.69) is 5.23 Å². The van der Waals surface area contributed by atoms with Crippen LogP contribution in [0.25, 0.3) is 10.9 Å². The number of para-hydroxylation sites is 1. The Kier molecular flexibility index (Phi) is 4.61. The van der Waals surface area contributed by atoms with Crippen molar-refractivity contribution in [2.45, 2.75) is 32.1 Å². The molecule has 1 aromatic carbocycles. The van der Waals surface area contributed by atoms with Gasteiger partial charge < -0.3 is 14.7 Å². The fourth-order valence-corrected chi connectivity index (χ4v) is 3.37. The van der Waals surface area contributed by atoms with E-state index in [4.69, 9.17) is 0 Å². The highest BCUT2D eigenvalue weighted by Crippen LogP contribution is 2.24. The molecular formula is C17H19BFN3O3. The number of carbonyl (C=O) groups excluding carboxylic acids is 3. The SMILES string of the molecule is BNC(=O)[C@@H]1C[C@@H](F)CN1C(=O)Cn1cc(C(C)=O)c2ccccc21. The molecule has 0 unspecified atom stereocenters. The highest BCUT2D eigenvalue weighted by Gasteiger charge is 2.39. The molecule has 1 fully saturated rings. The first-order valence-electron chi connectivity index (χ1n) is 8.16. The Hall–Kier alpha value is -2.64. The number of aromatic nitrogens is 1. The van der Waals surface area contributed by atoms with Crippen LogP contribution in [0.2, 0.25) is 0 Å². The highest BCUT2D eigenvalue weighted by molar-refractivity contribution is 6.15. The summed E-state index contributed by atoms with van der Waals surface area (Å²) in [6.07, 6.45) is 0.444. The Morgan fingerprint density at radius 3 is 2.72 bits per heavy atom. The quantitative estimate of drug-likeness (QED) is 0.647. The van der Waals surface area contributed by atoms with Gasteiger partial charge in [-0.3, -0.25) is 14.4 Å². The molecule has 0 spiro atoms. The summed E-state index contributed by atoms with van der Waals surface area (Å²) in [7, 11) is 1.47. The van der Waals surface area contributed by atoms with Crippen molar-refractivity contribution in [1.82, 2.24) is 14.7 Å². The van der Waals surface area contributed by atoms with Gasteiger partial charge in [0, 0.05) is 29.1 Å². The molecule has 1 aromatic heterocycles. The van der Waals surface area contributed by atoms with Crippen molar-refractivity contribution in [1.29, 1.82) is 0 Å². The Morgan fingerprint density at radius 1 is 1.32 bits per heavy atom. The molecule has 1 aliphatic rings. The highest BCUT2D eigenvalue weighted by atomic mass is 19.1. The van der Waals surface area contributed by atoms with Gasteiger partial charge in [-0.15, -0.1) is 0 Å². The smallest absolute Gasteiger partial charge is 0.243 e. The number of amides is 2. The van der Waals surface area contributed by atoms with Crippen LogP contribution in [-0.2, 0) is 16.1 Å². The average molecular weight is 343 g/mol. The van der Waals surface area contributed by atoms with E-state index in [0.717, 1.165) is 10.9 Å². The van der Waals surface area contributed by atoms with Crippen molar-refractivity contribution in [2.24, 2.45) is 0 Å². The first-order chi connectivity index (χ1) is 11.9. The van der Waals surface area contributed by atoms with Crippen molar-refractivity contribution in [3.05, 3.63) is 36.0 Å². The van der Waals surface area contributed by atoms with E-state index in [9.17, 15) is 18.8 Å². The molecule has 130 valence electrons. The lowest BCUT2D eigenvalue weighted by Crippen LogP contribution is -2.46. The summed E-state index contributed by atoms with van der Waals surface area (Å²) in [4.78, 5) is 37.7. The number of alkyl halides is 1. The van der Waals surface area contributed by atoms with E-state index in [-0.39, 0.29) is 37.1 Å². The molecule has 2 heterocycles. The minimum absolute atomic E-state index is 0.0105. The third kappa shape index (κ3) is 3.16. The number of rotatable bonds is 4. The number of benzene rings is 1. The van der Waals surface area contributed by atoms with Gasteiger partial charge in [0.15, 0.2) is 5.78 Å². The first kappa shape index (κ1) is 17.2. The second-order valence-corrected chi connectivity index (χ2v) is 6.25. The van der Waals surface area contributed by atoms with Crippen LogP contribution in [-0.4, -0.2) is 53.8 Å². The van der Waals surface area contributed by atoms with E-state index in [1.807, 2.05) is 24.3 Å². The minimum Gasteiger partial charge on any atom is -0.404 e. The van der Waals surface area contributed by atoms with Gasteiger partial charge in [0.2, 0.25) is 19.8 Å². The van der Waals surface area contributed by atoms with Gasteiger partial charge in [-0.2, -0.15) is 0 Å². The average Bonchev–Trinajstić information content (AvgIpc) is 3.15. The molecular weight excluding hydrogens is 324 g/mol. The Balaban J connectivity index is 1.89. The molecule has 6 nitrogen and oxygen atoms in total. The lowest BCUT2D eigenvalue weighted by molar-refractivity contribution is -0.138. The van der Waals surface area contributed by atoms with E-state index in [0.29, 0.717) is 5.56 Å². The fourth-order valence-electron chi connectivity index (χ4n) is 3.37. The molecule has 0 saturated carbocycles. The molecule has 2 amide bonds. The summed E-state index contributed by atoms with van der Waals surface area (Å²) in [5, 5.41) is 3.25. The van der Waals surface area contributed by atoms with Crippen LogP contribution in [0, 0.1) is 0 Å². The van der Waals surface area contributed by atoms with Gasteiger partial charge in [-0.05, 0) is 13.0 Å². The zero-order chi connectivity index (χ0) is 18.1. The summed E-state index contributed by atoms with van der Waals surface area (Å²) < 4.78 is 15.4. The summed E-state index contributed by atoms with van der Waals surface area (Å²) in [5.74, 6) is -0.796. The van der Waals surface area contributed by atoms with Crippen LogP contribution in [0.3, 0.4) is 0 Å². The number of hydrogen-bond donors (Lipinski definition) is 1. The number of ketones is 1. The second-order valence-electron chi connectivity index (χ2n) is 6.25. The van der Waals surface area contributed by atoms with Crippen LogP contribution in [0.4, 0.5) is 4.39 Å². The van der Waals surface area contributed by atoms with E-state index in [1.165, 1.54) is 19.8 Å². The van der Waals surface area contributed by atoms with Crippen LogP contribution in [0.1, 0.15) is 23.7 Å². The van der Waals surface area contributed by atoms with Crippen molar-refractivity contribution in [3.8, 4) is 0 Å². The predicted molar refractivity (Wildman–Crippen MR) is 93.6 cm³/mol. The molecule has 1 aliphatic heterocycles. The second kappa shape index (κ2) is 6.70. The van der Waals surface area contributed by atoms with Crippen LogP contribution in [0.15, 0.2) is 30.5 Å². The maximum Gasteiger partial charge on any atom is 0.243 e. The standard InChI is InChI=1S/C17H19BFN3O3/c1-10(23)13-8-21(14-5-3-2-4-12(13)14)9-16(24)22-7-11(19)6-15(22)17(25)20-18/h2-5,8,11,15H,6-7,9,18H2,1H3,(H,20,25)/t11-,15+/m1/s1. The Labute approximate surface area is 145 Å². The summed E-state index contributed by atoms with van der Waals surface area (Å²) in [6, 6.07) is 6.52. The predicted octanol–water partition coefficient (Wildman–Crippen LogP) is 0.447. The molecule has 2 aromatic rings. The minimum atomic E-state index is -1.21. The molecule has 0 radical (unpaired) electrons. The molecule has 0 aliphatic carbocycles. The summed E-state index contributed by atoms with van der Waals surface area (Å²) >= 11 is 0. The number of carbonyl (C=O) groups is 3. The zero-order valence-corrected chi connectivity index (χ0v) is 14.2. The number of Topliss-reactive ketones (excluding diaryl/α,β-unsaturated/α-hetero) is 1. The molecule has 0 bridgehead atoms. The fraction of sp³-hybridized carbons (Fsp3) is 0.353. The topological polar surface area (TPSA) is 71.4 Å². The van der Waals surface area contributed by atoms with Crippen molar-refractivity contribution in [3.63, 3.8) is 0 Å². The normalized spacial score (nSPS) is 20.0. The summed E-state index contributed by atoms with van der Waals surface area (Å²) in [6.45, 7) is 1.34. The summed E-state index contributed by atoms with van der Waals surface area (Å²) in [5.41, 5.74) is 1.30. The van der Waals surface area contributed by atoms with Crippen LogP contribution < -0.4 is 5.23 Å².